The SMILES string of the molecule is NC(=O)c1cc2c(nc1-c1ccc([N+](=O)[O-])cc1)CNC2. The summed E-state index contributed by atoms with van der Waals surface area (Å²) in [4.78, 5) is 26.3. The molecule has 7 heteroatoms. The van der Waals surface area contributed by atoms with Crippen LogP contribution in [0.4, 0.5) is 5.69 Å². The van der Waals surface area contributed by atoms with Crippen molar-refractivity contribution in [2.45, 2.75) is 13.1 Å². The normalized spacial score (nSPS) is 13.0. The van der Waals surface area contributed by atoms with E-state index in [-0.39, 0.29) is 5.69 Å². The molecule has 0 bridgehead atoms. The van der Waals surface area contributed by atoms with Crippen LogP contribution in [0.3, 0.4) is 0 Å². The molecule has 0 spiro atoms. The minimum atomic E-state index is -0.564. The van der Waals surface area contributed by atoms with Gasteiger partial charge in [-0.2, -0.15) is 0 Å². The van der Waals surface area contributed by atoms with E-state index < -0.39 is 10.8 Å². The third-order valence-corrected chi connectivity index (χ3v) is 3.42. The number of carbonyl (C=O) groups is 1. The molecule has 0 atom stereocenters. The lowest BCUT2D eigenvalue weighted by molar-refractivity contribution is -0.384. The molecule has 7 nitrogen and oxygen atoms in total. The molecular formula is C14H12N4O3. The Morgan fingerprint density at radius 1 is 1.29 bits per heavy atom. The second kappa shape index (κ2) is 4.95. The smallest absolute Gasteiger partial charge is 0.269 e. The Bertz CT molecular complexity index is 741. The number of primary amides is 1. The maximum Gasteiger partial charge on any atom is 0.269 e. The van der Waals surface area contributed by atoms with Crippen LogP contribution in [0.1, 0.15) is 21.6 Å². The van der Waals surface area contributed by atoms with Crippen LogP contribution in [0.15, 0.2) is 30.3 Å². The van der Waals surface area contributed by atoms with E-state index in [4.69, 9.17) is 5.73 Å². The first-order chi connectivity index (χ1) is 10.1. The third-order valence-electron chi connectivity index (χ3n) is 3.42. The fraction of sp³-hybridized carbons (Fsp3) is 0.143. The predicted molar refractivity (Wildman–Crippen MR) is 75.4 cm³/mol. The number of hydrogen-bond acceptors (Lipinski definition) is 5. The quantitative estimate of drug-likeness (QED) is 0.653. The third kappa shape index (κ3) is 2.34. The number of nitrogens with zero attached hydrogens (tertiary/aromatic N) is 2. The van der Waals surface area contributed by atoms with Crippen LogP contribution < -0.4 is 11.1 Å². The van der Waals surface area contributed by atoms with Crippen LogP contribution in [0.25, 0.3) is 11.3 Å². The van der Waals surface area contributed by atoms with Gasteiger partial charge in [-0.15, -0.1) is 0 Å². The summed E-state index contributed by atoms with van der Waals surface area (Å²) in [6, 6.07) is 7.64. The van der Waals surface area contributed by atoms with Crippen LogP contribution in [-0.2, 0) is 13.1 Å². The Hall–Kier alpha value is -2.80. The van der Waals surface area contributed by atoms with Crippen LogP contribution in [0.5, 0.6) is 0 Å². The van der Waals surface area contributed by atoms with Crippen LogP contribution in [0.2, 0.25) is 0 Å². The summed E-state index contributed by atoms with van der Waals surface area (Å²) in [5.74, 6) is -0.564. The number of rotatable bonds is 3. The number of fused-ring (bicyclic) bond motifs is 1. The molecule has 1 amide bonds. The van der Waals surface area contributed by atoms with E-state index in [1.165, 1.54) is 12.1 Å². The second-order valence-electron chi connectivity index (χ2n) is 4.76. The van der Waals surface area contributed by atoms with Crippen molar-refractivity contribution in [2.24, 2.45) is 5.73 Å². The van der Waals surface area contributed by atoms with Crippen molar-refractivity contribution in [2.75, 3.05) is 0 Å². The molecule has 3 rings (SSSR count). The Kier molecular flexibility index (Phi) is 3.11. The van der Waals surface area contributed by atoms with E-state index in [0.717, 1.165) is 11.3 Å². The summed E-state index contributed by atoms with van der Waals surface area (Å²) in [7, 11) is 0. The number of benzene rings is 1. The first kappa shape index (κ1) is 13.2. The van der Waals surface area contributed by atoms with Crippen molar-refractivity contribution in [1.29, 1.82) is 0 Å². The standard InChI is InChI=1S/C14H12N4O3/c15-14(19)11-5-9-6-16-7-12(9)17-13(11)8-1-3-10(4-2-8)18(20)21/h1-5,16H,6-7H2,(H2,15,19). The number of nitrogens with one attached hydrogen (secondary N) is 1. The lowest BCUT2D eigenvalue weighted by Crippen LogP contribution is -2.14. The number of amides is 1. The molecule has 0 unspecified atom stereocenters. The summed E-state index contributed by atoms with van der Waals surface area (Å²) in [6.45, 7) is 1.29. The number of hydrogen-bond donors (Lipinski definition) is 2. The topological polar surface area (TPSA) is 111 Å². The highest BCUT2D eigenvalue weighted by molar-refractivity contribution is 5.99. The Balaban J connectivity index is 2.12. The van der Waals surface area contributed by atoms with E-state index in [1.54, 1.807) is 18.2 Å². The molecule has 1 aliphatic rings. The predicted octanol–water partition coefficient (Wildman–Crippen LogP) is 1.36. The lowest BCUT2D eigenvalue weighted by atomic mass is 10.0. The van der Waals surface area contributed by atoms with Gasteiger partial charge in [-0.05, 0) is 23.8 Å². The molecule has 0 saturated carbocycles. The summed E-state index contributed by atoms with van der Waals surface area (Å²) in [5.41, 5.74) is 8.64. The molecule has 1 aromatic heterocycles. The Morgan fingerprint density at radius 2 is 2.00 bits per heavy atom. The fourth-order valence-electron chi connectivity index (χ4n) is 2.36. The number of nitro benzene ring substituents is 1. The Morgan fingerprint density at radius 3 is 2.62 bits per heavy atom. The molecule has 2 heterocycles. The van der Waals surface area contributed by atoms with Crippen LogP contribution in [-0.4, -0.2) is 15.8 Å². The number of aromatic nitrogens is 1. The summed E-state index contributed by atoms with van der Waals surface area (Å²) >= 11 is 0. The summed E-state index contributed by atoms with van der Waals surface area (Å²) < 4.78 is 0. The van der Waals surface area contributed by atoms with Crippen molar-refractivity contribution < 1.29 is 9.72 Å². The van der Waals surface area contributed by atoms with Gasteiger partial charge in [0, 0.05) is 30.8 Å². The van der Waals surface area contributed by atoms with Gasteiger partial charge in [0.15, 0.2) is 0 Å². The average molecular weight is 284 g/mol. The molecule has 1 aliphatic heterocycles. The van der Waals surface area contributed by atoms with Gasteiger partial charge in [-0.1, -0.05) is 0 Å². The van der Waals surface area contributed by atoms with E-state index in [2.05, 4.69) is 10.3 Å². The highest BCUT2D eigenvalue weighted by Crippen LogP contribution is 2.27. The molecule has 106 valence electrons. The molecular weight excluding hydrogens is 272 g/mol. The Labute approximate surface area is 120 Å². The number of pyridine rings is 1. The van der Waals surface area contributed by atoms with E-state index in [0.29, 0.717) is 29.9 Å². The second-order valence-corrected chi connectivity index (χ2v) is 4.76. The average Bonchev–Trinajstić information content (AvgIpc) is 2.93. The van der Waals surface area contributed by atoms with Gasteiger partial charge in [-0.25, -0.2) is 0 Å². The lowest BCUT2D eigenvalue weighted by Gasteiger charge is -2.09. The van der Waals surface area contributed by atoms with Crippen molar-refractivity contribution in [3.63, 3.8) is 0 Å². The highest BCUT2D eigenvalue weighted by atomic mass is 16.6. The van der Waals surface area contributed by atoms with Gasteiger partial charge in [0.25, 0.3) is 11.6 Å². The number of non-ortho nitro benzene ring substituents is 1. The van der Waals surface area contributed by atoms with Crippen molar-refractivity contribution >= 4 is 11.6 Å². The van der Waals surface area contributed by atoms with Gasteiger partial charge in [0.1, 0.15) is 0 Å². The molecule has 2 aromatic rings. The largest absolute Gasteiger partial charge is 0.366 e. The zero-order valence-corrected chi connectivity index (χ0v) is 11.0. The fourth-order valence-corrected chi connectivity index (χ4v) is 2.36. The number of nitrogens with two attached hydrogens (primary N) is 1. The van der Waals surface area contributed by atoms with Crippen molar-refractivity contribution in [3.8, 4) is 11.3 Å². The molecule has 0 fully saturated rings. The molecule has 3 N–H and O–H groups in total. The highest BCUT2D eigenvalue weighted by Gasteiger charge is 2.20. The van der Waals surface area contributed by atoms with Crippen molar-refractivity contribution in [3.05, 3.63) is 57.3 Å². The summed E-state index contributed by atoms with van der Waals surface area (Å²) in [6.07, 6.45) is 0. The first-order valence-corrected chi connectivity index (χ1v) is 6.34. The molecule has 21 heavy (non-hydrogen) atoms. The molecule has 0 aliphatic carbocycles. The zero-order chi connectivity index (χ0) is 15.0. The zero-order valence-electron chi connectivity index (χ0n) is 11.0. The maximum absolute atomic E-state index is 11.6. The van der Waals surface area contributed by atoms with Gasteiger partial charge in [-0.3, -0.25) is 19.9 Å². The molecule has 0 saturated heterocycles. The molecule has 1 aromatic carbocycles. The van der Waals surface area contributed by atoms with Crippen LogP contribution >= 0.6 is 0 Å². The molecule has 0 radical (unpaired) electrons. The van der Waals surface area contributed by atoms with Gasteiger partial charge < -0.3 is 11.1 Å². The van der Waals surface area contributed by atoms with E-state index in [1.807, 2.05) is 0 Å². The van der Waals surface area contributed by atoms with Gasteiger partial charge >= 0.3 is 0 Å². The van der Waals surface area contributed by atoms with E-state index >= 15 is 0 Å². The van der Waals surface area contributed by atoms with Crippen LogP contribution in [0, 0.1) is 10.1 Å². The maximum atomic E-state index is 11.6. The minimum absolute atomic E-state index is 0.0119. The van der Waals surface area contributed by atoms with Gasteiger partial charge in [0.05, 0.1) is 21.9 Å². The van der Waals surface area contributed by atoms with E-state index in [9.17, 15) is 14.9 Å². The summed E-state index contributed by atoms with van der Waals surface area (Å²) in [5, 5.41) is 13.8. The number of carbonyl (C=O) groups excluding carboxylic acids is 1. The van der Waals surface area contributed by atoms with Gasteiger partial charge in [0.2, 0.25) is 0 Å². The number of nitro groups is 1. The van der Waals surface area contributed by atoms with Crippen molar-refractivity contribution in [1.82, 2.24) is 10.3 Å². The first-order valence-electron chi connectivity index (χ1n) is 6.34. The minimum Gasteiger partial charge on any atom is -0.366 e. The monoisotopic (exact) mass is 284 g/mol.